The van der Waals surface area contributed by atoms with Crippen LogP contribution in [0.2, 0.25) is 5.02 Å². The summed E-state index contributed by atoms with van der Waals surface area (Å²) in [5, 5.41) is 8.92. The maximum absolute atomic E-state index is 11.4. The van der Waals surface area contributed by atoms with E-state index in [4.69, 9.17) is 16.0 Å². The van der Waals surface area contributed by atoms with Crippen LogP contribution in [0.3, 0.4) is 0 Å². The molecule has 2 aromatic rings. The monoisotopic (exact) mass is 334 g/mol. The molecule has 1 aliphatic rings. The van der Waals surface area contributed by atoms with E-state index in [1.807, 2.05) is 24.0 Å². The Morgan fingerprint density at radius 1 is 1.26 bits per heavy atom. The maximum Gasteiger partial charge on any atom is 0.247 e. The highest BCUT2D eigenvalue weighted by atomic mass is 35.5. The Balaban J connectivity index is 1.69. The number of hydrogen-bond acceptors (Lipinski definition) is 5. The van der Waals surface area contributed by atoms with Crippen LogP contribution in [0.15, 0.2) is 28.7 Å². The molecule has 7 heteroatoms. The summed E-state index contributed by atoms with van der Waals surface area (Å²) in [4.78, 5) is 15.5. The van der Waals surface area contributed by atoms with Gasteiger partial charge in [-0.25, -0.2) is 0 Å². The quantitative estimate of drug-likeness (QED) is 0.863. The molecule has 2 heterocycles. The van der Waals surface area contributed by atoms with E-state index >= 15 is 0 Å². The summed E-state index contributed by atoms with van der Waals surface area (Å²) < 4.78 is 5.81. The SMILES string of the molecule is CC(=O)N1CCN(C(C)c2nnc(-c3cccc(Cl)c3)o2)CC1. The third-order valence-electron chi connectivity index (χ3n) is 4.18. The Kier molecular flexibility index (Phi) is 4.63. The van der Waals surface area contributed by atoms with Gasteiger partial charge in [0.1, 0.15) is 0 Å². The summed E-state index contributed by atoms with van der Waals surface area (Å²) in [6, 6.07) is 7.37. The number of nitrogens with zero attached hydrogens (tertiary/aromatic N) is 4. The Bertz CT molecular complexity index is 695. The average molecular weight is 335 g/mol. The zero-order valence-corrected chi connectivity index (χ0v) is 14.0. The molecule has 1 fully saturated rings. The van der Waals surface area contributed by atoms with Crippen LogP contribution in [-0.2, 0) is 4.79 Å². The van der Waals surface area contributed by atoms with Gasteiger partial charge in [-0.2, -0.15) is 0 Å². The summed E-state index contributed by atoms with van der Waals surface area (Å²) >= 11 is 5.99. The number of carbonyl (C=O) groups is 1. The molecule has 1 aliphatic heterocycles. The van der Waals surface area contributed by atoms with E-state index in [-0.39, 0.29) is 11.9 Å². The average Bonchev–Trinajstić information content (AvgIpc) is 3.04. The van der Waals surface area contributed by atoms with Gasteiger partial charge in [0.15, 0.2) is 0 Å². The normalized spacial score (nSPS) is 17.3. The molecule has 0 saturated carbocycles. The Morgan fingerprint density at radius 2 is 2.00 bits per heavy atom. The summed E-state index contributed by atoms with van der Waals surface area (Å²) in [7, 11) is 0. The summed E-state index contributed by atoms with van der Waals surface area (Å²) in [6.45, 7) is 6.71. The number of benzene rings is 1. The van der Waals surface area contributed by atoms with Crippen molar-refractivity contribution in [3.05, 3.63) is 35.2 Å². The van der Waals surface area contributed by atoms with E-state index in [1.165, 1.54) is 0 Å². The largest absolute Gasteiger partial charge is 0.419 e. The van der Waals surface area contributed by atoms with Gasteiger partial charge in [-0.1, -0.05) is 17.7 Å². The van der Waals surface area contributed by atoms with Gasteiger partial charge in [0.05, 0.1) is 6.04 Å². The van der Waals surface area contributed by atoms with Gasteiger partial charge in [0.2, 0.25) is 17.7 Å². The predicted molar refractivity (Wildman–Crippen MR) is 87.0 cm³/mol. The first-order chi connectivity index (χ1) is 11.0. The van der Waals surface area contributed by atoms with Crippen molar-refractivity contribution >= 4 is 17.5 Å². The van der Waals surface area contributed by atoms with E-state index in [2.05, 4.69) is 15.1 Å². The van der Waals surface area contributed by atoms with E-state index in [0.29, 0.717) is 16.8 Å². The van der Waals surface area contributed by atoms with Crippen molar-refractivity contribution in [2.75, 3.05) is 26.2 Å². The summed E-state index contributed by atoms with van der Waals surface area (Å²) in [5.41, 5.74) is 0.810. The number of carbonyl (C=O) groups excluding carboxylic acids is 1. The summed E-state index contributed by atoms with van der Waals surface area (Å²) in [6.07, 6.45) is 0. The van der Waals surface area contributed by atoms with Gasteiger partial charge in [-0.3, -0.25) is 9.69 Å². The lowest BCUT2D eigenvalue weighted by Crippen LogP contribution is -2.48. The maximum atomic E-state index is 11.4. The standard InChI is InChI=1S/C16H19ClN4O2/c1-11(20-6-8-21(9-7-20)12(2)22)15-18-19-16(23-15)13-4-3-5-14(17)10-13/h3-5,10-11H,6-9H2,1-2H3. The van der Waals surface area contributed by atoms with Crippen molar-refractivity contribution in [2.24, 2.45) is 0 Å². The third kappa shape index (κ3) is 3.54. The Morgan fingerprint density at radius 3 is 2.65 bits per heavy atom. The van der Waals surface area contributed by atoms with E-state index in [1.54, 1.807) is 19.1 Å². The number of aromatic nitrogens is 2. The smallest absolute Gasteiger partial charge is 0.247 e. The molecular formula is C16H19ClN4O2. The van der Waals surface area contributed by atoms with Gasteiger partial charge in [0.25, 0.3) is 0 Å². The highest BCUT2D eigenvalue weighted by molar-refractivity contribution is 6.30. The molecule has 1 unspecified atom stereocenters. The highest BCUT2D eigenvalue weighted by Crippen LogP contribution is 2.26. The van der Waals surface area contributed by atoms with Crippen molar-refractivity contribution in [3.8, 4) is 11.5 Å². The fraction of sp³-hybridized carbons (Fsp3) is 0.438. The lowest BCUT2D eigenvalue weighted by Gasteiger charge is -2.36. The molecule has 1 atom stereocenters. The van der Waals surface area contributed by atoms with Gasteiger partial charge in [-0.05, 0) is 25.1 Å². The molecule has 6 nitrogen and oxygen atoms in total. The van der Waals surface area contributed by atoms with Crippen LogP contribution >= 0.6 is 11.6 Å². The third-order valence-corrected chi connectivity index (χ3v) is 4.41. The highest BCUT2D eigenvalue weighted by Gasteiger charge is 2.26. The molecule has 0 N–H and O–H groups in total. The lowest BCUT2D eigenvalue weighted by molar-refractivity contribution is -0.130. The van der Waals surface area contributed by atoms with Crippen LogP contribution in [0.1, 0.15) is 25.8 Å². The fourth-order valence-corrected chi connectivity index (χ4v) is 2.91. The minimum Gasteiger partial charge on any atom is -0.419 e. The molecule has 0 spiro atoms. The molecule has 23 heavy (non-hydrogen) atoms. The van der Waals surface area contributed by atoms with Crippen molar-refractivity contribution in [2.45, 2.75) is 19.9 Å². The molecule has 0 aliphatic carbocycles. The first-order valence-electron chi connectivity index (χ1n) is 7.63. The predicted octanol–water partition coefficient (Wildman–Crippen LogP) is 2.62. The Labute approximate surface area is 140 Å². The second kappa shape index (κ2) is 6.68. The number of halogens is 1. The van der Waals surface area contributed by atoms with Gasteiger partial charge in [-0.15, -0.1) is 10.2 Å². The minimum atomic E-state index is 0.0181. The van der Waals surface area contributed by atoms with Crippen LogP contribution < -0.4 is 0 Å². The number of piperazine rings is 1. The number of amides is 1. The first kappa shape index (κ1) is 16.0. The molecule has 122 valence electrons. The van der Waals surface area contributed by atoms with E-state index in [0.717, 1.165) is 31.7 Å². The topological polar surface area (TPSA) is 62.5 Å². The van der Waals surface area contributed by atoms with Crippen molar-refractivity contribution < 1.29 is 9.21 Å². The lowest BCUT2D eigenvalue weighted by atomic mass is 10.2. The molecule has 1 aromatic carbocycles. The summed E-state index contributed by atoms with van der Waals surface area (Å²) in [5.74, 6) is 1.17. The minimum absolute atomic E-state index is 0.0181. The number of rotatable bonds is 3. The van der Waals surface area contributed by atoms with Crippen LogP contribution in [0, 0.1) is 0 Å². The molecule has 3 rings (SSSR count). The fourth-order valence-electron chi connectivity index (χ4n) is 2.72. The van der Waals surface area contributed by atoms with Crippen molar-refractivity contribution in [1.82, 2.24) is 20.0 Å². The van der Waals surface area contributed by atoms with Crippen LogP contribution in [-0.4, -0.2) is 52.1 Å². The zero-order valence-electron chi connectivity index (χ0n) is 13.2. The van der Waals surface area contributed by atoms with Gasteiger partial charge < -0.3 is 9.32 Å². The second-order valence-corrected chi connectivity index (χ2v) is 6.11. The van der Waals surface area contributed by atoms with E-state index < -0.39 is 0 Å². The van der Waals surface area contributed by atoms with Gasteiger partial charge in [0, 0.05) is 43.7 Å². The Hall–Kier alpha value is -1.92. The molecular weight excluding hydrogens is 316 g/mol. The molecule has 1 amide bonds. The molecule has 0 radical (unpaired) electrons. The van der Waals surface area contributed by atoms with Crippen LogP contribution in [0.4, 0.5) is 0 Å². The van der Waals surface area contributed by atoms with Crippen molar-refractivity contribution in [1.29, 1.82) is 0 Å². The van der Waals surface area contributed by atoms with Crippen LogP contribution in [0.25, 0.3) is 11.5 Å². The van der Waals surface area contributed by atoms with Crippen molar-refractivity contribution in [3.63, 3.8) is 0 Å². The zero-order chi connectivity index (χ0) is 16.4. The van der Waals surface area contributed by atoms with Crippen LogP contribution in [0.5, 0.6) is 0 Å². The molecule has 1 aromatic heterocycles. The molecule has 1 saturated heterocycles. The first-order valence-corrected chi connectivity index (χ1v) is 8.01. The van der Waals surface area contributed by atoms with E-state index in [9.17, 15) is 4.79 Å². The second-order valence-electron chi connectivity index (χ2n) is 5.67. The number of hydrogen-bond donors (Lipinski definition) is 0. The molecule has 0 bridgehead atoms. The van der Waals surface area contributed by atoms with Gasteiger partial charge >= 0.3 is 0 Å².